The molecule has 0 aromatic heterocycles. The molecular formula is C12H15NO3. The van der Waals surface area contributed by atoms with Gasteiger partial charge in [0.2, 0.25) is 5.91 Å². The zero-order valence-electron chi connectivity index (χ0n) is 9.19. The largest absolute Gasteiger partial charge is 0.508 e. The number of phenolic OH excluding ortho intramolecular Hbond substituents is 1. The zero-order valence-corrected chi connectivity index (χ0v) is 9.19. The lowest BCUT2D eigenvalue weighted by Crippen LogP contribution is -2.24. The Kier molecular flexibility index (Phi) is 2.99. The minimum absolute atomic E-state index is 0.0715. The first-order chi connectivity index (χ1) is 7.70. The summed E-state index contributed by atoms with van der Waals surface area (Å²) in [6.07, 6.45) is 1.96. The number of ether oxygens (including phenoxy) is 1. The first-order valence-electron chi connectivity index (χ1n) is 5.34. The van der Waals surface area contributed by atoms with E-state index in [1.165, 1.54) is 0 Å². The van der Waals surface area contributed by atoms with Crippen LogP contribution in [0.5, 0.6) is 11.5 Å². The summed E-state index contributed by atoms with van der Waals surface area (Å²) in [5, 5.41) is 12.4. The lowest BCUT2D eigenvalue weighted by molar-refractivity contribution is -0.122. The van der Waals surface area contributed by atoms with Crippen LogP contribution in [-0.2, 0) is 11.3 Å². The number of methoxy groups -OCH3 is 1. The summed E-state index contributed by atoms with van der Waals surface area (Å²) in [4.78, 5) is 11.4. The van der Waals surface area contributed by atoms with Gasteiger partial charge in [-0.25, -0.2) is 0 Å². The van der Waals surface area contributed by atoms with Crippen LogP contribution in [0, 0.1) is 5.92 Å². The van der Waals surface area contributed by atoms with Gasteiger partial charge >= 0.3 is 0 Å². The van der Waals surface area contributed by atoms with E-state index in [1.807, 2.05) is 0 Å². The average molecular weight is 221 g/mol. The van der Waals surface area contributed by atoms with E-state index in [1.54, 1.807) is 25.3 Å². The normalized spacial score (nSPS) is 14.6. The zero-order chi connectivity index (χ0) is 11.5. The lowest BCUT2D eigenvalue weighted by atomic mass is 10.2. The molecule has 1 aromatic rings. The Balaban J connectivity index is 1.99. The molecule has 1 aliphatic rings. The Morgan fingerprint density at radius 1 is 1.56 bits per heavy atom. The number of rotatable bonds is 4. The summed E-state index contributed by atoms with van der Waals surface area (Å²) < 4.78 is 5.05. The molecule has 1 amide bonds. The van der Waals surface area contributed by atoms with Gasteiger partial charge in [0.1, 0.15) is 11.5 Å². The number of aromatic hydroxyl groups is 1. The topological polar surface area (TPSA) is 58.6 Å². The number of amides is 1. The monoisotopic (exact) mass is 221 g/mol. The van der Waals surface area contributed by atoms with E-state index >= 15 is 0 Å². The molecule has 0 heterocycles. The van der Waals surface area contributed by atoms with Crippen molar-refractivity contribution in [2.24, 2.45) is 5.92 Å². The van der Waals surface area contributed by atoms with Crippen LogP contribution >= 0.6 is 0 Å². The Hall–Kier alpha value is -1.71. The minimum Gasteiger partial charge on any atom is -0.508 e. The molecule has 0 atom stereocenters. The molecule has 0 spiro atoms. The molecule has 1 aromatic carbocycles. The molecule has 1 aliphatic carbocycles. The van der Waals surface area contributed by atoms with Crippen molar-refractivity contribution >= 4 is 5.91 Å². The van der Waals surface area contributed by atoms with Crippen LogP contribution < -0.4 is 10.1 Å². The van der Waals surface area contributed by atoms with Crippen molar-refractivity contribution in [1.82, 2.24) is 5.32 Å². The summed E-state index contributed by atoms with van der Waals surface area (Å²) in [6.45, 7) is 0.346. The van der Waals surface area contributed by atoms with E-state index in [0.717, 1.165) is 12.8 Å². The number of hydrogen-bond acceptors (Lipinski definition) is 3. The molecular weight excluding hydrogens is 206 g/mol. The second-order valence-corrected chi connectivity index (χ2v) is 3.99. The van der Waals surface area contributed by atoms with Gasteiger partial charge < -0.3 is 15.2 Å². The van der Waals surface area contributed by atoms with Crippen molar-refractivity contribution in [1.29, 1.82) is 0 Å². The van der Waals surface area contributed by atoms with Gasteiger partial charge in [0, 0.05) is 18.0 Å². The lowest BCUT2D eigenvalue weighted by Gasteiger charge is -2.08. The highest BCUT2D eigenvalue weighted by Gasteiger charge is 2.29. The van der Waals surface area contributed by atoms with E-state index in [2.05, 4.69) is 5.32 Å². The summed E-state index contributed by atoms with van der Waals surface area (Å²) in [5.41, 5.74) is 0.674. The molecule has 86 valence electrons. The van der Waals surface area contributed by atoms with E-state index in [9.17, 15) is 9.90 Å². The van der Waals surface area contributed by atoms with Gasteiger partial charge in [-0.3, -0.25) is 4.79 Å². The fourth-order valence-electron chi connectivity index (χ4n) is 1.50. The molecule has 0 unspecified atom stereocenters. The summed E-state index contributed by atoms with van der Waals surface area (Å²) in [6, 6.07) is 4.97. The number of hydrogen-bond donors (Lipinski definition) is 2. The van der Waals surface area contributed by atoms with Gasteiger partial charge in [-0.15, -0.1) is 0 Å². The van der Waals surface area contributed by atoms with Crippen LogP contribution in [0.25, 0.3) is 0 Å². The predicted molar refractivity (Wildman–Crippen MR) is 59.2 cm³/mol. The van der Waals surface area contributed by atoms with Gasteiger partial charge in [-0.2, -0.15) is 0 Å². The second kappa shape index (κ2) is 4.43. The van der Waals surface area contributed by atoms with Gasteiger partial charge in [-0.05, 0) is 31.0 Å². The third-order valence-electron chi connectivity index (χ3n) is 2.69. The van der Waals surface area contributed by atoms with Crippen molar-refractivity contribution in [2.45, 2.75) is 19.4 Å². The van der Waals surface area contributed by atoms with E-state index in [0.29, 0.717) is 17.9 Å². The van der Waals surface area contributed by atoms with Crippen molar-refractivity contribution in [3.05, 3.63) is 23.8 Å². The van der Waals surface area contributed by atoms with E-state index < -0.39 is 0 Å². The average Bonchev–Trinajstić information content (AvgIpc) is 3.11. The SMILES string of the molecule is COc1ccc(O)c(CNC(=O)C2CC2)c1. The van der Waals surface area contributed by atoms with Gasteiger partial charge in [-0.1, -0.05) is 0 Å². The summed E-state index contributed by atoms with van der Waals surface area (Å²) in [7, 11) is 1.57. The second-order valence-electron chi connectivity index (χ2n) is 3.99. The minimum atomic E-state index is 0.0715. The fourth-order valence-corrected chi connectivity index (χ4v) is 1.50. The highest BCUT2D eigenvalue weighted by molar-refractivity contribution is 5.80. The van der Waals surface area contributed by atoms with E-state index in [4.69, 9.17) is 4.74 Å². The third kappa shape index (κ3) is 2.45. The molecule has 1 fully saturated rings. The number of nitrogens with one attached hydrogen (secondary N) is 1. The standard InChI is InChI=1S/C12H15NO3/c1-16-10-4-5-11(14)9(6-10)7-13-12(15)8-2-3-8/h4-6,8,14H,2-3,7H2,1H3,(H,13,15). The van der Waals surface area contributed by atoms with Gasteiger partial charge in [0.25, 0.3) is 0 Å². The van der Waals surface area contributed by atoms with Gasteiger partial charge in [0.05, 0.1) is 7.11 Å². The number of carbonyl (C=O) groups is 1. The fraction of sp³-hybridized carbons (Fsp3) is 0.417. The predicted octanol–water partition coefficient (Wildman–Crippen LogP) is 1.43. The van der Waals surface area contributed by atoms with Crippen molar-refractivity contribution < 1.29 is 14.6 Å². The van der Waals surface area contributed by atoms with E-state index in [-0.39, 0.29) is 17.6 Å². The Morgan fingerprint density at radius 3 is 2.94 bits per heavy atom. The van der Waals surface area contributed by atoms with Crippen molar-refractivity contribution in [2.75, 3.05) is 7.11 Å². The van der Waals surface area contributed by atoms with Crippen molar-refractivity contribution in [3.63, 3.8) is 0 Å². The first kappa shape index (κ1) is 10.8. The highest BCUT2D eigenvalue weighted by atomic mass is 16.5. The molecule has 4 heteroatoms. The van der Waals surface area contributed by atoms with Crippen LogP contribution in [0.2, 0.25) is 0 Å². The maximum Gasteiger partial charge on any atom is 0.223 e. The van der Waals surface area contributed by atoms with Crippen LogP contribution in [0.4, 0.5) is 0 Å². The Morgan fingerprint density at radius 2 is 2.31 bits per heavy atom. The molecule has 2 N–H and O–H groups in total. The summed E-state index contributed by atoms with van der Waals surface area (Å²) >= 11 is 0. The summed E-state index contributed by atoms with van der Waals surface area (Å²) in [5.74, 6) is 1.11. The maximum atomic E-state index is 11.4. The molecule has 0 radical (unpaired) electrons. The molecule has 0 bridgehead atoms. The van der Waals surface area contributed by atoms with Crippen LogP contribution in [0.3, 0.4) is 0 Å². The number of phenols is 1. The Labute approximate surface area is 94.2 Å². The number of carbonyl (C=O) groups excluding carboxylic acids is 1. The van der Waals surface area contributed by atoms with Crippen LogP contribution in [-0.4, -0.2) is 18.1 Å². The molecule has 0 aliphatic heterocycles. The molecule has 4 nitrogen and oxygen atoms in total. The molecule has 2 rings (SSSR count). The highest BCUT2D eigenvalue weighted by Crippen LogP contribution is 2.29. The third-order valence-corrected chi connectivity index (χ3v) is 2.69. The maximum absolute atomic E-state index is 11.4. The van der Waals surface area contributed by atoms with Gasteiger partial charge in [0.15, 0.2) is 0 Å². The Bertz CT molecular complexity index is 399. The molecule has 0 saturated heterocycles. The number of benzene rings is 1. The van der Waals surface area contributed by atoms with Crippen molar-refractivity contribution in [3.8, 4) is 11.5 Å². The van der Waals surface area contributed by atoms with Crippen LogP contribution in [0.1, 0.15) is 18.4 Å². The quantitative estimate of drug-likeness (QED) is 0.808. The first-order valence-corrected chi connectivity index (χ1v) is 5.34. The molecule has 1 saturated carbocycles. The smallest absolute Gasteiger partial charge is 0.223 e. The van der Waals surface area contributed by atoms with Crippen LogP contribution in [0.15, 0.2) is 18.2 Å². The molecule has 16 heavy (non-hydrogen) atoms.